The quantitative estimate of drug-likeness (QED) is 0.330. The molecule has 0 saturated heterocycles. The van der Waals surface area contributed by atoms with Crippen molar-refractivity contribution in [2.75, 3.05) is 37.7 Å². The fourth-order valence-electron chi connectivity index (χ4n) is 3.62. The van der Waals surface area contributed by atoms with Gasteiger partial charge in [-0.3, -0.25) is 19.7 Å². The molecule has 9 heteroatoms. The minimum atomic E-state index is -0.0956. The number of amides is 1. The number of likely N-dealkylation sites (N-methyl/N-ethyl adjacent to an activating group) is 1. The predicted molar refractivity (Wildman–Crippen MR) is 137 cm³/mol. The van der Waals surface area contributed by atoms with Crippen molar-refractivity contribution in [3.63, 3.8) is 0 Å². The number of hydrogen-bond acceptors (Lipinski definition) is 7. The van der Waals surface area contributed by atoms with E-state index in [1.165, 1.54) is 11.3 Å². The van der Waals surface area contributed by atoms with E-state index in [-0.39, 0.29) is 18.3 Å². The van der Waals surface area contributed by atoms with E-state index in [1.807, 2.05) is 37.3 Å². The van der Waals surface area contributed by atoms with E-state index in [2.05, 4.69) is 28.7 Å². The molecule has 4 rings (SSSR count). The van der Waals surface area contributed by atoms with Gasteiger partial charge in [-0.15, -0.1) is 12.4 Å². The Morgan fingerprint density at radius 3 is 2.48 bits per heavy atom. The summed E-state index contributed by atoms with van der Waals surface area (Å²) in [6.45, 7) is 9.94. The summed E-state index contributed by atoms with van der Waals surface area (Å²) in [6.07, 6.45) is 3.29. The Morgan fingerprint density at radius 1 is 1.00 bits per heavy atom. The third kappa shape index (κ3) is 5.40. The number of fused-ring (bicyclic) bond motifs is 2. The van der Waals surface area contributed by atoms with Gasteiger partial charge in [-0.05, 0) is 50.3 Å². The van der Waals surface area contributed by atoms with Gasteiger partial charge in [-0.2, -0.15) is 0 Å². The Labute approximate surface area is 203 Å². The number of thiazole rings is 1. The first kappa shape index (κ1) is 24.8. The lowest BCUT2D eigenvalue weighted by Gasteiger charge is -2.24. The van der Waals surface area contributed by atoms with Gasteiger partial charge in [0, 0.05) is 31.0 Å². The van der Waals surface area contributed by atoms with E-state index in [4.69, 9.17) is 9.72 Å². The molecule has 0 radical (unpaired) electrons. The molecule has 0 spiro atoms. The summed E-state index contributed by atoms with van der Waals surface area (Å²) in [7, 11) is 0. The summed E-state index contributed by atoms with van der Waals surface area (Å²) in [5.74, 6) is 0.645. The number of carbonyl (C=O) groups excluding carboxylic acids is 1. The third-order valence-corrected chi connectivity index (χ3v) is 6.44. The van der Waals surface area contributed by atoms with Crippen LogP contribution in [0.5, 0.6) is 5.75 Å². The van der Waals surface area contributed by atoms with Gasteiger partial charge in [0.25, 0.3) is 5.91 Å². The SMILES string of the molecule is CCOc1cccc2sc(N(CCN(CC)CC)C(=O)c3ccc4nccnc4c3)nc12.Cl. The number of hydrogen-bond donors (Lipinski definition) is 0. The average Bonchev–Trinajstić information content (AvgIpc) is 3.26. The standard InChI is InChI=1S/C24H27N5O2S.ClH/c1-4-28(5-2)14-15-29(23(30)17-10-11-18-19(16-17)26-13-12-25-18)24-27-22-20(31-6-3)8-7-9-21(22)32-24;/h7-13,16H,4-6,14-15H2,1-3H3;1H. The van der Waals surface area contributed by atoms with Gasteiger partial charge in [-0.25, -0.2) is 4.98 Å². The molecule has 2 heterocycles. The highest BCUT2D eigenvalue weighted by atomic mass is 35.5. The molecule has 0 bridgehead atoms. The van der Waals surface area contributed by atoms with Crippen molar-refractivity contribution in [1.82, 2.24) is 19.9 Å². The summed E-state index contributed by atoms with van der Waals surface area (Å²) in [4.78, 5) is 31.2. The summed E-state index contributed by atoms with van der Waals surface area (Å²) < 4.78 is 6.75. The molecule has 4 aromatic rings. The summed E-state index contributed by atoms with van der Waals surface area (Å²) in [5, 5.41) is 0.670. The lowest BCUT2D eigenvalue weighted by Crippen LogP contribution is -2.38. The van der Waals surface area contributed by atoms with E-state index < -0.39 is 0 Å². The molecule has 0 atom stereocenters. The number of para-hydroxylation sites is 1. The van der Waals surface area contributed by atoms with Crippen LogP contribution in [-0.4, -0.2) is 58.5 Å². The van der Waals surface area contributed by atoms with Crippen molar-refractivity contribution < 1.29 is 9.53 Å². The average molecular weight is 486 g/mol. The molecule has 0 N–H and O–H groups in total. The minimum Gasteiger partial charge on any atom is -0.492 e. The van der Waals surface area contributed by atoms with Crippen molar-refractivity contribution in [1.29, 1.82) is 0 Å². The maximum Gasteiger partial charge on any atom is 0.260 e. The van der Waals surface area contributed by atoms with Crippen molar-refractivity contribution in [3.8, 4) is 5.75 Å². The fraction of sp³-hybridized carbons (Fsp3) is 0.333. The molecule has 2 aromatic carbocycles. The van der Waals surface area contributed by atoms with Gasteiger partial charge < -0.3 is 9.64 Å². The second-order valence-electron chi connectivity index (χ2n) is 7.28. The first-order chi connectivity index (χ1) is 15.6. The highest BCUT2D eigenvalue weighted by molar-refractivity contribution is 7.22. The molecule has 2 aromatic heterocycles. The van der Waals surface area contributed by atoms with Crippen molar-refractivity contribution in [3.05, 3.63) is 54.4 Å². The van der Waals surface area contributed by atoms with E-state index in [0.717, 1.165) is 41.1 Å². The number of ether oxygens (including phenoxy) is 1. The summed E-state index contributed by atoms with van der Waals surface area (Å²) in [6, 6.07) is 11.3. The Balaban J connectivity index is 0.00000306. The number of rotatable bonds is 9. The highest BCUT2D eigenvalue weighted by Gasteiger charge is 2.23. The molecule has 0 aliphatic carbocycles. The molecule has 0 aliphatic heterocycles. The Morgan fingerprint density at radius 2 is 1.76 bits per heavy atom. The molecule has 174 valence electrons. The van der Waals surface area contributed by atoms with Crippen LogP contribution in [0.4, 0.5) is 5.13 Å². The molecule has 0 fully saturated rings. The van der Waals surface area contributed by atoms with Crippen LogP contribution in [0.25, 0.3) is 21.3 Å². The Hall–Kier alpha value is -2.81. The van der Waals surface area contributed by atoms with Crippen molar-refractivity contribution in [2.45, 2.75) is 20.8 Å². The topological polar surface area (TPSA) is 71.5 Å². The van der Waals surface area contributed by atoms with Gasteiger partial charge in [-0.1, -0.05) is 31.3 Å². The van der Waals surface area contributed by atoms with Crippen molar-refractivity contribution in [2.24, 2.45) is 0 Å². The Kier molecular flexibility index (Phi) is 8.55. The zero-order valence-corrected chi connectivity index (χ0v) is 20.7. The molecule has 33 heavy (non-hydrogen) atoms. The Bertz CT molecular complexity index is 1230. The van der Waals surface area contributed by atoms with Gasteiger partial charge in [0.15, 0.2) is 5.13 Å². The van der Waals surface area contributed by atoms with Gasteiger partial charge in [0.2, 0.25) is 0 Å². The predicted octanol–water partition coefficient (Wildman–Crippen LogP) is 5.05. The first-order valence-corrected chi connectivity index (χ1v) is 11.7. The number of benzene rings is 2. The van der Waals surface area contributed by atoms with E-state index in [9.17, 15) is 4.79 Å². The zero-order chi connectivity index (χ0) is 22.5. The number of nitrogens with zero attached hydrogens (tertiary/aromatic N) is 5. The van der Waals surface area contributed by atoms with Crippen LogP contribution in [0.2, 0.25) is 0 Å². The van der Waals surface area contributed by atoms with Crippen LogP contribution in [0, 0.1) is 0 Å². The van der Waals surface area contributed by atoms with Crippen LogP contribution < -0.4 is 9.64 Å². The van der Waals surface area contributed by atoms with Crippen LogP contribution in [0.1, 0.15) is 31.1 Å². The molecule has 7 nitrogen and oxygen atoms in total. The molecule has 0 unspecified atom stereocenters. The normalized spacial score (nSPS) is 11.0. The maximum atomic E-state index is 13.7. The molecule has 1 amide bonds. The molecule has 0 aliphatic rings. The lowest BCUT2D eigenvalue weighted by atomic mass is 10.1. The number of halogens is 1. The summed E-state index contributed by atoms with van der Waals surface area (Å²) in [5.41, 5.74) is 2.83. The number of aromatic nitrogens is 3. The molecule has 0 saturated carbocycles. The summed E-state index contributed by atoms with van der Waals surface area (Å²) >= 11 is 1.51. The largest absolute Gasteiger partial charge is 0.492 e. The minimum absolute atomic E-state index is 0. The lowest BCUT2D eigenvalue weighted by molar-refractivity contribution is 0.0984. The fourth-order valence-corrected chi connectivity index (χ4v) is 4.62. The molecular weight excluding hydrogens is 458 g/mol. The maximum absolute atomic E-state index is 13.7. The first-order valence-electron chi connectivity index (χ1n) is 10.9. The van der Waals surface area contributed by atoms with E-state index in [1.54, 1.807) is 23.4 Å². The second kappa shape index (κ2) is 11.4. The van der Waals surface area contributed by atoms with Gasteiger partial charge >= 0.3 is 0 Å². The van der Waals surface area contributed by atoms with Gasteiger partial charge in [0.05, 0.1) is 22.3 Å². The van der Waals surface area contributed by atoms with Crippen LogP contribution in [0.15, 0.2) is 48.8 Å². The van der Waals surface area contributed by atoms with E-state index in [0.29, 0.717) is 29.4 Å². The van der Waals surface area contributed by atoms with Crippen molar-refractivity contribution >= 4 is 56.0 Å². The van der Waals surface area contributed by atoms with Gasteiger partial charge in [0.1, 0.15) is 11.3 Å². The monoisotopic (exact) mass is 485 g/mol. The van der Waals surface area contributed by atoms with Crippen LogP contribution in [-0.2, 0) is 0 Å². The smallest absolute Gasteiger partial charge is 0.260 e. The second-order valence-corrected chi connectivity index (χ2v) is 8.28. The van der Waals surface area contributed by atoms with Crippen LogP contribution in [0.3, 0.4) is 0 Å². The number of anilines is 1. The van der Waals surface area contributed by atoms with E-state index >= 15 is 0 Å². The third-order valence-electron chi connectivity index (χ3n) is 5.40. The highest BCUT2D eigenvalue weighted by Crippen LogP contribution is 2.35. The zero-order valence-electron chi connectivity index (χ0n) is 19.0. The number of carbonyl (C=O) groups is 1. The van der Waals surface area contributed by atoms with Crippen LogP contribution >= 0.6 is 23.7 Å². The molecular formula is C24H28ClN5O2S.